The van der Waals surface area contributed by atoms with Crippen molar-refractivity contribution in [2.45, 2.75) is 39.8 Å². The molecule has 0 saturated heterocycles. The zero-order valence-electron chi connectivity index (χ0n) is 18.6. The minimum absolute atomic E-state index is 0.0792. The number of hydrogen-bond acceptors (Lipinski definition) is 6. The van der Waals surface area contributed by atoms with Gasteiger partial charge >= 0.3 is 0 Å². The predicted molar refractivity (Wildman–Crippen MR) is 123 cm³/mol. The molecule has 2 heterocycles. The average molecular weight is 434 g/mol. The maximum absolute atomic E-state index is 13.5. The second kappa shape index (κ2) is 9.13. The lowest BCUT2D eigenvalue weighted by atomic mass is 9.95. The van der Waals surface area contributed by atoms with Gasteiger partial charge in [-0.05, 0) is 57.5 Å². The maximum atomic E-state index is 13.5. The molecule has 2 aromatic carbocycles. The molecule has 3 aromatic rings. The number of allylic oxidation sites excluding steroid dienone is 1. The van der Waals surface area contributed by atoms with Crippen LogP contribution in [0.4, 0.5) is 11.6 Å². The number of anilines is 2. The van der Waals surface area contributed by atoms with Crippen molar-refractivity contribution in [2.24, 2.45) is 0 Å². The molecule has 1 aromatic heterocycles. The van der Waals surface area contributed by atoms with Gasteiger partial charge in [-0.3, -0.25) is 4.79 Å². The zero-order valence-corrected chi connectivity index (χ0v) is 18.6. The number of hydrogen-bond donors (Lipinski definition) is 2. The van der Waals surface area contributed by atoms with E-state index in [1.807, 2.05) is 76.2 Å². The van der Waals surface area contributed by atoms with Gasteiger partial charge in [-0.2, -0.15) is 10.1 Å². The third-order valence-corrected chi connectivity index (χ3v) is 5.04. The van der Waals surface area contributed by atoms with E-state index in [1.165, 1.54) is 6.33 Å². The molecular formula is C24H27N5O3. The van der Waals surface area contributed by atoms with Crippen LogP contribution in [0.25, 0.3) is 0 Å². The van der Waals surface area contributed by atoms with Gasteiger partial charge < -0.3 is 20.1 Å². The molecule has 32 heavy (non-hydrogen) atoms. The molecule has 1 amide bonds. The highest BCUT2D eigenvalue weighted by Gasteiger charge is 2.33. The number of nitrogens with zero attached hydrogens (tertiary/aromatic N) is 3. The highest BCUT2D eigenvalue weighted by molar-refractivity contribution is 6.06. The molecule has 1 aliphatic rings. The summed E-state index contributed by atoms with van der Waals surface area (Å²) in [7, 11) is 0. The number of aromatic nitrogens is 3. The fraction of sp³-hybridized carbons (Fsp3) is 0.292. The van der Waals surface area contributed by atoms with Crippen molar-refractivity contribution in [3.63, 3.8) is 0 Å². The number of para-hydroxylation sites is 2. The van der Waals surface area contributed by atoms with Crippen LogP contribution in [0.3, 0.4) is 0 Å². The standard InChI is InChI=1S/C24H27N5O3/c1-5-31-20-9-7-6-8-19(20)28-23(30)21-16(4)27-24-25-14-26-29(24)22(21)17-10-12-18(13-11-17)32-15(2)3/h6-15,22H,5H2,1-4H3,(H,28,30)(H,25,26,27). The van der Waals surface area contributed by atoms with Crippen LogP contribution < -0.4 is 20.1 Å². The molecular weight excluding hydrogens is 406 g/mol. The summed E-state index contributed by atoms with van der Waals surface area (Å²) < 4.78 is 13.2. The van der Waals surface area contributed by atoms with E-state index in [4.69, 9.17) is 9.47 Å². The number of amides is 1. The molecule has 1 unspecified atom stereocenters. The highest BCUT2D eigenvalue weighted by Crippen LogP contribution is 2.36. The molecule has 0 bridgehead atoms. The van der Waals surface area contributed by atoms with Crippen LogP contribution in [-0.2, 0) is 4.79 Å². The predicted octanol–water partition coefficient (Wildman–Crippen LogP) is 4.39. The van der Waals surface area contributed by atoms with Crippen LogP contribution in [0.2, 0.25) is 0 Å². The first-order chi connectivity index (χ1) is 15.5. The van der Waals surface area contributed by atoms with Crippen molar-refractivity contribution in [3.8, 4) is 11.5 Å². The molecule has 166 valence electrons. The molecule has 4 rings (SSSR count). The largest absolute Gasteiger partial charge is 0.492 e. The second-order valence-electron chi connectivity index (χ2n) is 7.71. The summed E-state index contributed by atoms with van der Waals surface area (Å²) in [6.45, 7) is 8.25. The Morgan fingerprint density at radius 3 is 2.66 bits per heavy atom. The zero-order chi connectivity index (χ0) is 22.7. The van der Waals surface area contributed by atoms with Crippen LogP contribution in [-0.4, -0.2) is 33.4 Å². The number of nitrogens with one attached hydrogen (secondary N) is 2. The highest BCUT2D eigenvalue weighted by atomic mass is 16.5. The Hall–Kier alpha value is -3.81. The monoisotopic (exact) mass is 433 g/mol. The molecule has 1 aliphatic heterocycles. The number of fused-ring (bicyclic) bond motifs is 1. The van der Waals surface area contributed by atoms with Crippen LogP contribution in [0, 0.1) is 0 Å². The average Bonchev–Trinajstić information content (AvgIpc) is 3.22. The Kier molecular flexibility index (Phi) is 6.11. The van der Waals surface area contributed by atoms with Crippen molar-refractivity contribution in [2.75, 3.05) is 17.2 Å². The fourth-order valence-electron chi connectivity index (χ4n) is 3.74. The quantitative estimate of drug-likeness (QED) is 0.574. The number of benzene rings is 2. The van der Waals surface area contributed by atoms with E-state index < -0.39 is 6.04 Å². The summed E-state index contributed by atoms with van der Waals surface area (Å²) in [5.41, 5.74) is 2.77. The summed E-state index contributed by atoms with van der Waals surface area (Å²) in [5, 5.41) is 10.6. The Labute approximate surface area is 187 Å². The summed E-state index contributed by atoms with van der Waals surface area (Å²) in [4.78, 5) is 17.8. The van der Waals surface area contributed by atoms with Crippen molar-refractivity contribution >= 4 is 17.5 Å². The Morgan fingerprint density at radius 2 is 1.94 bits per heavy atom. The molecule has 8 heteroatoms. The fourth-order valence-corrected chi connectivity index (χ4v) is 3.74. The van der Waals surface area contributed by atoms with E-state index in [0.29, 0.717) is 35.3 Å². The first-order valence-electron chi connectivity index (χ1n) is 10.6. The molecule has 1 atom stereocenters. The number of ether oxygens (including phenoxy) is 2. The number of carbonyl (C=O) groups excluding carboxylic acids is 1. The smallest absolute Gasteiger partial charge is 0.255 e. The van der Waals surface area contributed by atoms with Crippen molar-refractivity contribution in [1.29, 1.82) is 0 Å². The number of rotatable bonds is 7. The van der Waals surface area contributed by atoms with Crippen LogP contribution >= 0.6 is 0 Å². The Balaban J connectivity index is 1.70. The van der Waals surface area contributed by atoms with Crippen LogP contribution in [0.15, 0.2) is 66.1 Å². The van der Waals surface area contributed by atoms with Gasteiger partial charge in [-0.15, -0.1) is 0 Å². The van der Waals surface area contributed by atoms with Crippen molar-refractivity contribution in [3.05, 3.63) is 71.7 Å². The lowest BCUT2D eigenvalue weighted by molar-refractivity contribution is -0.113. The van der Waals surface area contributed by atoms with E-state index in [2.05, 4.69) is 20.7 Å². The van der Waals surface area contributed by atoms with Crippen molar-refractivity contribution < 1.29 is 14.3 Å². The van der Waals surface area contributed by atoms with Gasteiger partial charge in [0.1, 0.15) is 23.9 Å². The van der Waals surface area contributed by atoms with Gasteiger partial charge in [0, 0.05) is 5.70 Å². The SMILES string of the molecule is CCOc1ccccc1NC(=O)C1=C(C)Nc2ncnn2C1c1ccc(OC(C)C)cc1. The van der Waals surface area contributed by atoms with Gasteiger partial charge in [-0.1, -0.05) is 24.3 Å². The summed E-state index contributed by atoms with van der Waals surface area (Å²) in [6.07, 6.45) is 1.56. The minimum atomic E-state index is -0.443. The van der Waals surface area contributed by atoms with Gasteiger partial charge in [0.15, 0.2) is 0 Å². The van der Waals surface area contributed by atoms with E-state index in [-0.39, 0.29) is 12.0 Å². The van der Waals surface area contributed by atoms with E-state index in [9.17, 15) is 4.79 Å². The topological polar surface area (TPSA) is 90.3 Å². The minimum Gasteiger partial charge on any atom is -0.492 e. The van der Waals surface area contributed by atoms with E-state index >= 15 is 0 Å². The van der Waals surface area contributed by atoms with E-state index in [0.717, 1.165) is 11.3 Å². The lowest BCUT2D eigenvalue weighted by Gasteiger charge is -2.29. The summed E-state index contributed by atoms with van der Waals surface area (Å²) in [6, 6.07) is 14.7. The maximum Gasteiger partial charge on any atom is 0.255 e. The van der Waals surface area contributed by atoms with Gasteiger partial charge in [0.25, 0.3) is 5.91 Å². The molecule has 0 radical (unpaired) electrons. The van der Waals surface area contributed by atoms with Gasteiger partial charge in [0.2, 0.25) is 5.95 Å². The van der Waals surface area contributed by atoms with Crippen LogP contribution in [0.1, 0.15) is 39.3 Å². The van der Waals surface area contributed by atoms with E-state index in [1.54, 1.807) is 4.68 Å². The number of carbonyl (C=O) groups is 1. The molecule has 0 fully saturated rings. The molecule has 2 N–H and O–H groups in total. The Bertz CT molecular complexity index is 1130. The second-order valence-corrected chi connectivity index (χ2v) is 7.71. The molecule has 0 spiro atoms. The summed E-state index contributed by atoms with van der Waals surface area (Å²) in [5.74, 6) is 1.74. The third-order valence-electron chi connectivity index (χ3n) is 5.04. The first-order valence-corrected chi connectivity index (χ1v) is 10.6. The first kappa shape index (κ1) is 21.4. The van der Waals surface area contributed by atoms with Gasteiger partial charge in [-0.25, -0.2) is 4.68 Å². The molecule has 0 aliphatic carbocycles. The third kappa shape index (κ3) is 4.30. The van der Waals surface area contributed by atoms with Crippen LogP contribution in [0.5, 0.6) is 11.5 Å². The summed E-state index contributed by atoms with van der Waals surface area (Å²) >= 11 is 0. The molecule has 8 nitrogen and oxygen atoms in total. The van der Waals surface area contributed by atoms with Crippen molar-refractivity contribution in [1.82, 2.24) is 14.8 Å². The normalized spacial score (nSPS) is 15.2. The molecule has 0 saturated carbocycles. The van der Waals surface area contributed by atoms with Gasteiger partial charge in [0.05, 0.1) is 24.0 Å². The Morgan fingerprint density at radius 1 is 1.19 bits per heavy atom. The lowest BCUT2D eigenvalue weighted by Crippen LogP contribution is -2.31.